The van der Waals surface area contributed by atoms with Crippen LogP contribution in [0.3, 0.4) is 0 Å². The molecule has 0 radical (unpaired) electrons. The maximum absolute atomic E-state index is 14.0. The van der Waals surface area contributed by atoms with Gasteiger partial charge in [0.2, 0.25) is 5.89 Å². The largest absolute Gasteiger partial charge is 0.447 e. The number of anilines is 1. The molecule has 4 rings (SSSR count). The monoisotopic (exact) mass is 404 g/mol. The van der Waals surface area contributed by atoms with Crippen LogP contribution >= 0.6 is 0 Å². The quantitative estimate of drug-likeness (QED) is 0.795. The minimum absolute atomic E-state index is 0.210. The number of benzene rings is 1. The summed E-state index contributed by atoms with van der Waals surface area (Å²) in [5.74, 6) is -0.0538. The molecule has 2 aliphatic heterocycles. The van der Waals surface area contributed by atoms with Crippen LogP contribution in [0.5, 0.6) is 0 Å². The number of oxazole rings is 1. The van der Waals surface area contributed by atoms with Gasteiger partial charge in [-0.15, -0.1) is 0 Å². The highest BCUT2D eigenvalue weighted by atomic mass is 19.1. The third kappa shape index (κ3) is 4.26. The fourth-order valence-electron chi connectivity index (χ4n) is 3.76. The Labute approximate surface area is 168 Å². The first kappa shape index (κ1) is 19.8. The highest BCUT2D eigenvalue weighted by Gasteiger charge is 2.33. The van der Waals surface area contributed by atoms with Crippen LogP contribution in [-0.4, -0.2) is 84.4 Å². The molecule has 9 heteroatoms. The molecule has 3 heterocycles. The molecule has 156 valence electrons. The lowest BCUT2D eigenvalue weighted by Crippen LogP contribution is -2.46. The minimum atomic E-state index is -0.693. The maximum Gasteiger partial charge on any atom is 0.275 e. The van der Waals surface area contributed by atoms with E-state index in [1.807, 2.05) is 11.0 Å². The third-order valence-electron chi connectivity index (χ3n) is 5.53. The van der Waals surface area contributed by atoms with Crippen LogP contribution in [0.15, 0.2) is 34.9 Å². The predicted octanol–water partition coefficient (Wildman–Crippen LogP) is 0.968. The number of aromatic nitrogens is 1. The van der Waals surface area contributed by atoms with Crippen molar-refractivity contribution in [3.63, 3.8) is 0 Å². The zero-order valence-electron chi connectivity index (χ0n) is 16.3. The summed E-state index contributed by atoms with van der Waals surface area (Å²) in [6.45, 7) is 3.91. The van der Waals surface area contributed by atoms with Crippen molar-refractivity contribution < 1.29 is 23.4 Å². The van der Waals surface area contributed by atoms with E-state index in [1.165, 1.54) is 17.2 Å². The summed E-state index contributed by atoms with van der Waals surface area (Å²) < 4.78 is 24.7. The molecule has 2 aromatic rings. The number of rotatable bonds is 5. The fourth-order valence-corrected chi connectivity index (χ4v) is 3.76. The third-order valence-corrected chi connectivity index (χ3v) is 5.53. The number of para-hydroxylation sites is 1. The second kappa shape index (κ2) is 8.48. The predicted molar refractivity (Wildman–Crippen MR) is 103 cm³/mol. The van der Waals surface area contributed by atoms with Gasteiger partial charge in [0, 0.05) is 33.2 Å². The van der Waals surface area contributed by atoms with E-state index in [2.05, 4.69) is 9.88 Å². The molecule has 0 saturated carbocycles. The van der Waals surface area contributed by atoms with Crippen molar-refractivity contribution in [1.82, 2.24) is 14.8 Å². The zero-order valence-corrected chi connectivity index (χ0v) is 16.3. The summed E-state index contributed by atoms with van der Waals surface area (Å²) in [7, 11) is 1.63. The molecule has 1 amide bonds. The number of aliphatic hydroxyl groups excluding tert-OH is 1. The van der Waals surface area contributed by atoms with Crippen molar-refractivity contribution >= 4 is 11.6 Å². The van der Waals surface area contributed by atoms with E-state index in [-0.39, 0.29) is 30.1 Å². The van der Waals surface area contributed by atoms with Crippen molar-refractivity contribution in [2.24, 2.45) is 0 Å². The Balaban J connectivity index is 1.32. The molecular formula is C20H25FN4O4. The fraction of sp³-hybridized carbons (Fsp3) is 0.500. The van der Waals surface area contributed by atoms with Crippen LogP contribution in [0.25, 0.3) is 0 Å². The second-order valence-corrected chi connectivity index (χ2v) is 7.43. The van der Waals surface area contributed by atoms with Crippen LogP contribution in [0.1, 0.15) is 16.4 Å². The van der Waals surface area contributed by atoms with Gasteiger partial charge < -0.3 is 24.1 Å². The molecule has 1 aromatic carbocycles. The van der Waals surface area contributed by atoms with E-state index in [0.29, 0.717) is 37.8 Å². The topological polar surface area (TPSA) is 82.3 Å². The minimum Gasteiger partial charge on any atom is -0.447 e. The number of hydrogen-bond acceptors (Lipinski definition) is 7. The van der Waals surface area contributed by atoms with Crippen molar-refractivity contribution in [3.05, 3.63) is 47.9 Å². The van der Waals surface area contributed by atoms with Crippen LogP contribution in [0.4, 0.5) is 10.1 Å². The highest BCUT2D eigenvalue weighted by molar-refractivity contribution is 5.92. The summed E-state index contributed by atoms with van der Waals surface area (Å²) in [5, 5.41) is 9.90. The lowest BCUT2D eigenvalue weighted by atomic mass is 10.2. The van der Waals surface area contributed by atoms with Gasteiger partial charge >= 0.3 is 0 Å². The van der Waals surface area contributed by atoms with Crippen molar-refractivity contribution in [2.45, 2.75) is 18.7 Å². The van der Waals surface area contributed by atoms with Crippen LogP contribution < -0.4 is 4.90 Å². The van der Waals surface area contributed by atoms with Gasteiger partial charge in [-0.25, -0.2) is 9.37 Å². The van der Waals surface area contributed by atoms with Gasteiger partial charge in [0.15, 0.2) is 5.69 Å². The van der Waals surface area contributed by atoms with Crippen LogP contribution in [0, 0.1) is 5.82 Å². The smallest absolute Gasteiger partial charge is 0.275 e. The second-order valence-electron chi connectivity index (χ2n) is 7.43. The first-order valence-electron chi connectivity index (χ1n) is 9.72. The average Bonchev–Trinajstić information content (AvgIpc) is 3.37. The Morgan fingerprint density at radius 1 is 1.28 bits per heavy atom. The zero-order chi connectivity index (χ0) is 20.4. The van der Waals surface area contributed by atoms with E-state index in [1.54, 1.807) is 19.2 Å². The van der Waals surface area contributed by atoms with Crippen LogP contribution in [-0.2, 0) is 11.3 Å². The molecule has 29 heavy (non-hydrogen) atoms. The Bertz CT molecular complexity index is 853. The molecule has 2 saturated heterocycles. The molecule has 1 N–H and O–H groups in total. The lowest BCUT2D eigenvalue weighted by molar-refractivity contribution is 0.0575. The highest BCUT2D eigenvalue weighted by Crippen LogP contribution is 2.21. The molecule has 0 unspecified atom stereocenters. The Morgan fingerprint density at radius 2 is 2.03 bits per heavy atom. The molecule has 2 aliphatic rings. The molecule has 0 aliphatic carbocycles. The number of carbonyl (C=O) groups is 1. The van der Waals surface area contributed by atoms with E-state index in [4.69, 9.17) is 9.15 Å². The number of ether oxygens (including phenoxy) is 1. The molecule has 2 atom stereocenters. The molecule has 8 nitrogen and oxygen atoms in total. The summed E-state index contributed by atoms with van der Waals surface area (Å²) >= 11 is 0. The molecule has 0 bridgehead atoms. The summed E-state index contributed by atoms with van der Waals surface area (Å²) in [4.78, 5) is 22.6. The van der Waals surface area contributed by atoms with E-state index >= 15 is 0 Å². The Kier molecular flexibility index (Phi) is 5.79. The Morgan fingerprint density at radius 3 is 2.72 bits per heavy atom. The van der Waals surface area contributed by atoms with Crippen molar-refractivity contribution in [3.8, 4) is 0 Å². The Hall–Kier alpha value is -2.49. The molecule has 0 spiro atoms. The standard InChI is InChI=1S/C20H25FN4O4/c1-23(17-12-28-13-18(17)26)20(27)15-11-29-19(22-15)10-24-6-8-25(9-7-24)16-5-3-2-4-14(16)21/h2-5,11,17-18,26H,6-10,12-13H2,1H3/t17-,18-/m1/s1. The average molecular weight is 404 g/mol. The van der Waals surface area contributed by atoms with Gasteiger partial charge in [-0.05, 0) is 12.1 Å². The van der Waals surface area contributed by atoms with E-state index < -0.39 is 6.10 Å². The van der Waals surface area contributed by atoms with Gasteiger partial charge in [0.1, 0.15) is 12.1 Å². The first-order valence-corrected chi connectivity index (χ1v) is 9.72. The maximum atomic E-state index is 14.0. The van der Waals surface area contributed by atoms with Crippen molar-refractivity contribution in [2.75, 3.05) is 51.3 Å². The van der Waals surface area contributed by atoms with Gasteiger partial charge in [-0.3, -0.25) is 9.69 Å². The first-order chi connectivity index (χ1) is 14.0. The number of nitrogens with zero attached hydrogens (tertiary/aromatic N) is 4. The number of aliphatic hydroxyl groups is 1. The summed E-state index contributed by atoms with van der Waals surface area (Å²) in [6, 6.07) is 6.41. The number of carbonyl (C=O) groups excluding carboxylic acids is 1. The summed E-state index contributed by atoms with van der Waals surface area (Å²) in [5.41, 5.74) is 0.837. The normalized spacial score (nSPS) is 22.8. The molecular weight excluding hydrogens is 379 g/mol. The molecule has 2 fully saturated rings. The number of piperazine rings is 1. The number of hydrogen-bond donors (Lipinski definition) is 1. The van der Waals surface area contributed by atoms with E-state index in [9.17, 15) is 14.3 Å². The number of halogens is 1. The summed E-state index contributed by atoms with van der Waals surface area (Å²) in [6.07, 6.45) is 0.660. The number of likely N-dealkylation sites (N-methyl/N-ethyl adjacent to an activating group) is 1. The van der Waals surface area contributed by atoms with Gasteiger partial charge in [0.25, 0.3) is 5.91 Å². The van der Waals surface area contributed by atoms with E-state index in [0.717, 1.165) is 13.1 Å². The number of amides is 1. The van der Waals surface area contributed by atoms with Gasteiger partial charge in [-0.1, -0.05) is 12.1 Å². The van der Waals surface area contributed by atoms with Gasteiger partial charge in [-0.2, -0.15) is 0 Å². The van der Waals surface area contributed by atoms with Gasteiger partial charge in [0.05, 0.1) is 37.6 Å². The molecule has 1 aromatic heterocycles. The lowest BCUT2D eigenvalue weighted by Gasteiger charge is -2.35. The van der Waals surface area contributed by atoms with Crippen LogP contribution in [0.2, 0.25) is 0 Å². The SMILES string of the molecule is CN(C(=O)c1coc(CN2CCN(c3ccccc3F)CC2)n1)[C@@H]1COC[C@H]1O. The van der Waals surface area contributed by atoms with Crippen molar-refractivity contribution in [1.29, 1.82) is 0 Å².